The lowest BCUT2D eigenvalue weighted by Crippen LogP contribution is -2.06. The molecule has 22 heavy (non-hydrogen) atoms. The largest absolute Gasteiger partial charge is 0.417 e. The minimum absolute atomic E-state index is 0.318. The van der Waals surface area contributed by atoms with Crippen molar-refractivity contribution in [3.63, 3.8) is 0 Å². The Labute approximate surface area is 124 Å². The molecule has 3 nitrogen and oxygen atoms in total. The van der Waals surface area contributed by atoms with Crippen molar-refractivity contribution in [3.05, 3.63) is 59.8 Å². The zero-order chi connectivity index (χ0) is 15.7. The second-order valence-electron chi connectivity index (χ2n) is 4.90. The smallest absolute Gasteiger partial charge is 0.325 e. The Morgan fingerprint density at radius 1 is 1.05 bits per heavy atom. The Hall–Kier alpha value is -2.63. The first-order valence-corrected chi connectivity index (χ1v) is 6.60. The number of benzene rings is 1. The molecule has 0 saturated carbocycles. The van der Waals surface area contributed by atoms with Gasteiger partial charge in [-0.1, -0.05) is 18.2 Å². The third kappa shape index (κ3) is 2.86. The Morgan fingerprint density at radius 2 is 1.82 bits per heavy atom. The minimum atomic E-state index is -4.39. The van der Waals surface area contributed by atoms with Crippen LogP contribution >= 0.6 is 0 Å². The van der Waals surface area contributed by atoms with Gasteiger partial charge in [0.1, 0.15) is 11.6 Å². The maximum atomic E-state index is 12.5. The summed E-state index contributed by atoms with van der Waals surface area (Å²) in [6.45, 7) is 1.88. The number of hydrogen-bond acceptors (Lipinski definition) is 3. The van der Waals surface area contributed by atoms with E-state index in [2.05, 4.69) is 15.3 Å². The van der Waals surface area contributed by atoms with Crippen LogP contribution in [0.3, 0.4) is 0 Å². The van der Waals surface area contributed by atoms with Crippen LogP contribution in [0, 0.1) is 6.92 Å². The molecule has 2 aromatic heterocycles. The highest BCUT2D eigenvalue weighted by Gasteiger charge is 2.30. The van der Waals surface area contributed by atoms with Crippen LogP contribution in [0.25, 0.3) is 10.9 Å². The summed E-state index contributed by atoms with van der Waals surface area (Å²) in [7, 11) is 0. The summed E-state index contributed by atoms with van der Waals surface area (Å²) < 4.78 is 37.5. The van der Waals surface area contributed by atoms with E-state index in [0.29, 0.717) is 11.6 Å². The van der Waals surface area contributed by atoms with Gasteiger partial charge in [-0.25, -0.2) is 9.97 Å². The Kier molecular flexibility index (Phi) is 3.44. The van der Waals surface area contributed by atoms with Gasteiger partial charge in [-0.2, -0.15) is 13.2 Å². The van der Waals surface area contributed by atoms with Crippen LogP contribution in [0.1, 0.15) is 11.1 Å². The van der Waals surface area contributed by atoms with Crippen molar-refractivity contribution in [2.24, 2.45) is 0 Å². The number of pyridine rings is 2. The van der Waals surface area contributed by atoms with Gasteiger partial charge in [0, 0.05) is 11.6 Å². The Bertz CT molecular complexity index is 811. The molecule has 0 amide bonds. The maximum Gasteiger partial charge on any atom is 0.417 e. The lowest BCUT2D eigenvalue weighted by atomic mass is 10.1. The molecular formula is C16H12F3N3. The van der Waals surface area contributed by atoms with Gasteiger partial charge < -0.3 is 5.32 Å². The number of halogens is 3. The van der Waals surface area contributed by atoms with Crippen molar-refractivity contribution >= 4 is 22.5 Å². The number of fused-ring (bicyclic) bond motifs is 1. The maximum absolute atomic E-state index is 12.5. The fraction of sp³-hybridized carbons (Fsp3) is 0.125. The normalized spacial score (nSPS) is 11.6. The zero-order valence-electron chi connectivity index (χ0n) is 11.6. The number of para-hydroxylation sites is 1. The number of alkyl halides is 3. The number of hydrogen-bond donors (Lipinski definition) is 1. The molecule has 3 aromatic rings. The molecule has 0 saturated heterocycles. The SMILES string of the molecule is Cc1cc2ccccc2nc1Nc1ccc(C(F)(F)F)cn1. The third-order valence-corrected chi connectivity index (χ3v) is 3.25. The van der Waals surface area contributed by atoms with Crippen molar-refractivity contribution in [3.8, 4) is 0 Å². The highest BCUT2D eigenvalue weighted by molar-refractivity contribution is 5.82. The molecule has 2 heterocycles. The van der Waals surface area contributed by atoms with Crippen LogP contribution in [-0.2, 0) is 6.18 Å². The predicted molar refractivity (Wildman–Crippen MR) is 79.0 cm³/mol. The number of nitrogens with zero attached hydrogens (tertiary/aromatic N) is 2. The molecule has 1 aromatic carbocycles. The molecule has 3 rings (SSSR count). The Morgan fingerprint density at radius 3 is 2.50 bits per heavy atom. The third-order valence-electron chi connectivity index (χ3n) is 3.25. The van der Waals surface area contributed by atoms with E-state index in [1.54, 1.807) is 0 Å². The number of nitrogens with one attached hydrogen (secondary N) is 1. The average Bonchev–Trinajstić information content (AvgIpc) is 2.48. The van der Waals surface area contributed by atoms with Gasteiger partial charge >= 0.3 is 6.18 Å². The van der Waals surface area contributed by atoms with Gasteiger partial charge in [0.05, 0.1) is 11.1 Å². The summed E-state index contributed by atoms with van der Waals surface area (Å²) in [5.41, 5.74) is 0.921. The van der Waals surface area contributed by atoms with Crippen LogP contribution < -0.4 is 5.32 Å². The number of rotatable bonds is 2. The van der Waals surface area contributed by atoms with E-state index in [1.807, 2.05) is 37.3 Å². The van der Waals surface area contributed by atoms with Crippen LogP contribution in [0.15, 0.2) is 48.7 Å². The van der Waals surface area contributed by atoms with Gasteiger partial charge in [0.15, 0.2) is 0 Å². The lowest BCUT2D eigenvalue weighted by molar-refractivity contribution is -0.137. The van der Waals surface area contributed by atoms with Crippen molar-refractivity contribution in [1.82, 2.24) is 9.97 Å². The first-order chi connectivity index (χ1) is 10.4. The molecule has 0 radical (unpaired) electrons. The van der Waals surface area contributed by atoms with Crippen LogP contribution in [0.2, 0.25) is 0 Å². The van der Waals surface area contributed by atoms with Gasteiger partial charge in [-0.15, -0.1) is 0 Å². The molecule has 0 unspecified atom stereocenters. The second kappa shape index (κ2) is 5.29. The van der Waals surface area contributed by atoms with Crippen LogP contribution in [0.5, 0.6) is 0 Å². The van der Waals surface area contributed by atoms with E-state index in [1.165, 1.54) is 6.07 Å². The topological polar surface area (TPSA) is 37.8 Å². The van der Waals surface area contributed by atoms with Crippen molar-refractivity contribution in [2.45, 2.75) is 13.1 Å². The van der Waals surface area contributed by atoms with Crippen LogP contribution in [0.4, 0.5) is 24.8 Å². The van der Waals surface area contributed by atoms with Gasteiger partial charge in [0.25, 0.3) is 0 Å². The molecule has 6 heteroatoms. The number of aryl methyl sites for hydroxylation is 1. The highest BCUT2D eigenvalue weighted by Crippen LogP contribution is 2.29. The fourth-order valence-corrected chi connectivity index (χ4v) is 2.10. The standard InChI is InChI=1S/C16H12F3N3/c1-10-8-11-4-2-3-5-13(11)21-15(10)22-14-7-6-12(9-20-14)16(17,18)19/h2-9H,1H3,(H,20,21,22). The number of anilines is 2. The Balaban J connectivity index is 1.91. The van der Waals surface area contributed by atoms with Crippen molar-refractivity contribution in [2.75, 3.05) is 5.32 Å². The zero-order valence-corrected chi connectivity index (χ0v) is 11.6. The molecule has 1 N–H and O–H groups in total. The lowest BCUT2D eigenvalue weighted by Gasteiger charge is -2.11. The quantitative estimate of drug-likeness (QED) is 0.745. The van der Waals surface area contributed by atoms with E-state index in [0.717, 1.165) is 28.7 Å². The van der Waals surface area contributed by atoms with Crippen molar-refractivity contribution < 1.29 is 13.2 Å². The summed E-state index contributed by atoms with van der Waals surface area (Å²) in [4.78, 5) is 8.26. The van der Waals surface area contributed by atoms with Crippen molar-refractivity contribution in [1.29, 1.82) is 0 Å². The van der Waals surface area contributed by atoms with E-state index < -0.39 is 11.7 Å². The highest BCUT2D eigenvalue weighted by atomic mass is 19.4. The summed E-state index contributed by atoms with van der Waals surface area (Å²) >= 11 is 0. The first-order valence-electron chi connectivity index (χ1n) is 6.60. The molecule has 0 aliphatic rings. The number of aromatic nitrogens is 2. The predicted octanol–water partition coefficient (Wildman–Crippen LogP) is 4.70. The molecule has 0 bridgehead atoms. The van der Waals surface area contributed by atoms with Gasteiger partial charge in [0.2, 0.25) is 0 Å². The molecular weight excluding hydrogens is 291 g/mol. The minimum Gasteiger partial charge on any atom is -0.325 e. The first kappa shape index (κ1) is 14.3. The second-order valence-corrected chi connectivity index (χ2v) is 4.90. The molecule has 0 aliphatic heterocycles. The average molecular weight is 303 g/mol. The van der Waals surface area contributed by atoms with E-state index in [4.69, 9.17) is 0 Å². The fourth-order valence-electron chi connectivity index (χ4n) is 2.10. The molecule has 0 spiro atoms. The monoisotopic (exact) mass is 303 g/mol. The molecule has 0 fully saturated rings. The van der Waals surface area contributed by atoms with Gasteiger partial charge in [-0.3, -0.25) is 0 Å². The molecule has 0 atom stereocenters. The van der Waals surface area contributed by atoms with E-state index in [-0.39, 0.29) is 0 Å². The summed E-state index contributed by atoms with van der Waals surface area (Å²) in [5.74, 6) is 0.893. The summed E-state index contributed by atoms with van der Waals surface area (Å²) in [6.07, 6.45) is -3.58. The summed E-state index contributed by atoms with van der Waals surface area (Å²) in [5, 5.41) is 3.96. The van der Waals surface area contributed by atoms with Crippen LogP contribution in [-0.4, -0.2) is 9.97 Å². The van der Waals surface area contributed by atoms with E-state index >= 15 is 0 Å². The summed E-state index contributed by atoms with van der Waals surface area (Å²) in [6, 6.07) is 11.9. The van der Waals surface area contributed by atoms with E-state index in [9.17, 15) is 13.2 Å². The van der Waals surface area contributed by atoms with Gasteiger partial charge in [-0.05, 0) is 36.8 Å². The molecule has 0 aliphatic carbocycles. The molecule has 112 valence electrons.